The van der Waals surface area contributed by atoms with Crippen molar-refractivity contribution in [1.29, 1.82) is 0 Å². The zero-order chi connectivity index (χ0) is 20.7. The SMILES string of the molecule is COCCNC(=O)c1cc(NC(=O)Nc2ccc(C)c(Cl)c2)ccc1N(C)C. The highest BCUT2D eigenvalue weighted by molar-refractivity contribution is 6.31. The smallest absolute Gasteiger partial charge is 0.323 e. The number of methoxy groups -OCH3 is 1. The van der Waals surface area contributed by atoms with Crippen LogP contribution in [0.2, 0.25) is 5.02 Å². The third-order valence-electron chi connectivity index (χ3n) is 4.00. The number of urea groups is 1. The monoisotopic (exact) mass is 404 g/mol. The molecule has 0 fully saturated rings. The summed E-state index contributed by atoms with van der Waals surface area (Å²) in [6.07, 6.45) is 0. The van der Waals surface area contributed by atoms with Gasteiger partial charge in [0.1, 0.15) is 0 Å². The van der Waals surface area contributed by atoms with Crippen molar-refractivity contribution in [1.82, 2.24) is 5.32 Å². The minimum atomic E-state index is -0.428. The van der Waals surface area contributed by atoms with E-state index in [2.05, 4.69) is 16.0 Å². The van der Waals surface area contributed by atoms with Crippen LogP contribution in [0.5, 0.6) is 0 Å². The molecule has 0 radical (unpaired) electrons. The van der Waals surface area contributed by atoms with Crippen molar-refractivity contribution in [3.63, 3.8) is 0 Å². The van der Waals surface area contributed by atoms with Crippen molar-refractivity contribution in [2.24, 2.45) is 0 Å². The van der Waals surface area contributed by atoms with E-state index >= 15 is 0 Å². The molecule has 150 valence electrons. The van der Waals surface area contributed by atoms with Gasteiger partial charge in [0.15, 0.2) is 0 Å². The molecule has 0 unspecified atom stereocenters. The summed E-state index contributed by atoms with van der Waals surface area (Å²) in [7, 11) is 5.27. The van der Waals surface area contributed by atoms with Gasteiger partial charge in [-0.25, -0.2) is 4.79 Å². The standard InChI is InChI=1S/C20H25ClN4O3/c1-13-5-6-15(12-17(13)21)24-20(27)23-14-7-8-18(25(2)3)16(11-14)19(26)22-9-10-28-4/h5-8,11-12H,9-10H2,1-4H3,(H,22,26)(H2,23,24,27). The first-order valence-electron chi connectivity index (χ1n) is 8.74. The maximum atomic E-state index is 12.5. The number of nitrogens with one attached hydrogen (secondary N) is 3. The number of benzene rings is 2. The molecule has 0 atom stereocenters. The highest BCUT2D eigenvalue weighted by Crippen LogP contribution is 2.24. The van der Waals surface area contributed by atoms with E-state index in [0.29, 0.717) is 35.1 Å². The fraction of sp³-hybridized carbons (Fsp3) is 0.300. The molecule has 7 nitrogen and oxygen atoms in total. The Bertz CT molecular complexity index is 855. The van der Waals surface area contributed by atoms with Crippen molar-refractivity contribution >= 4 is 40.6 Å². The largest absolute Gasteiger partial charge is 0.383 e. The lowest BCUT2D eigenvalue weighted by atomic mass is 10.1. The molecule has 0 bridgehead atoms. The van der Waals surface area contributed by atoms with Gasteiger partial charge in [-0.1, -0.05) is 17.7 Å². The molecule has 0 aliphatic rings. The minimum absolute atomic E-state index is 0.241. The summed E-state index contributed by atoms with van der Waals surface area (Å²) in [5, 5.41) is 8.83. The van der Waals surface area contributed by atoms with Crippen LogP contribution in [-0.2, 0) is 4.74 Å². The number of anilines is 3. The van der Waals surface area contributed by atoms with Crippen LogP contribution in [0.3, 0.4) is 0 Å². The normalized spacial score (nSPS) is 10.3. The fourth-order valence-corrected chi connectivity index (χ4v) is 2.69. The first-order chi connectivity index (χ1) is 13.3. The van der Waals surface area contributed by atoms with Gasteiger partial charge in [0.25, 0.3) is 5.91 Å². The third kappa shape index (κ3) is 5.87. The molecule has 0 aliphatic carbocycles. The van der Waals surface area contributed by atoms with Crippen LogP contribution in [0.25, 0.3) is 0 Å². The quantitative estimate of drug-likeness (QED) is 0.614. The van der Waals surface area contributed by atoms with Crippen molar-refractivity contribution in [2.75, 3.05) is 49.9 Å². The molecular weight excluding hydrogens is 380 g/mol. The summed E-state index contributed by atoms with van der Waals surface area (Å²) in [5.41, 5.74) is 3.20. The van der Waals surface area contributed by atoms with E-state index in [1.54, 1.807) is 37.4 Å². The number of halogens is 1. The van der Waals surface area contributed by atoms with Crippen LogP contribution < -0.4 is 20.9 Å². The second-order valence-electron chi connectivity index (χ2n) is 6.42. The van der Waals surface area contributed by atoms with E-state index in [9.17, 15) is 9.59 Å². The van der Waals surface area contributed by atoms with Crippen molar-refractivity contribution in [3.8, 4) is 0 Å². The van der Waals surface area contributed by atoms with Gasteiger partial charge < -0.3 is 25.6 Å². The van der Waals surface area contributed by atoms with Gasteiger partial charge in [-0.3, -0.25) is 4.79 Å². The summed E-state index contributed by atoms with van der Waals surface area (Å²) in [4.78, 5) is 26.6. The summed E-state index contributed by atoms with van der Waals surface area (Å²) < 4.78 is 4.95. The Labute approximate surface area is 170 Å². The Morgan fingerprint density at radius 1 is 1.07 bits per heavy atom. The van der Waals surface area contributed by atoms with Crippen LogP contribution in [-0.4, -0.2) is 46.3 Å². The highest BCUT2D eigenvalue weighted by Gasteiger charge is 2.15. The lowest BCUT2D eigenvalue weighted by Gasteiger charge is -2.18. The second-order valence-corrected chi connectivity index (χ2v) is 6.83. The number of aryl methyl sites for hydroxylation is 1. The number of hydrogen-bond acceptors (Lipinski definition) is 4. The molecule has 2 aromatic rings. The fourth-order valence-electron chi connectivity index (χ4n) is 2.51. The Morgan fingerprint density at radius 2 is 1.71 bits per heavy atom. The first kappa shape index (κ1) is 21.5. The number of ether oxygens (including phenoxy) is 1. The van der Waals surface area contributed by atoms with Gasteiger partial charge in [-0.2, -0.15) is 0 Å². The van der Waals surface area contributed by atoms with E-state index in [4.69, 9.17) is 16.3 Å². The Hall–Kier alpha value is -2.77. The molecule has 2 rings (SSSR count). The molecule has 3 amide bonds. The van der Waals surface area contributed by atoms with Crippen LogP contribution in [0.1, 0.15) is 15.9 Å². The van der Waals surface area contributed by atoms with Gasteiger partial charge in [-0.15, -0.1) is 0 Å². The molecule has 0 saturated heterocycles. The molecule has 2 aromatic carbocycles. The molecule has 28 heavy (non-hydrogen) atoms. The average molecular weight is 405 g/mol. The van der Waals surface area contributed by atoms with Gasteiger partial charge in [0.05, 0.1) is 12.2 Å². The Balaban J connectivity index is 2.14. The van der Waals surface area contributed by atoms with Crippen LogP contribution >= 0.6 is 11.6 Å². The number of hydrogen-bond donors (Lipinski definition) is 3. The third-order valence-corrected chi connectivity index (χ3v) is 4.41. The van der Waals surface area contributed by atoms with Gasteiger partial charge in [0, 0.05) is 49.8 Å². The second kappa shape index (κ2) is 9.96. The topological polar surface area (TPSA) is 82.7 Å². The van der Waals surface area contributed by atoms with E-state index in [0.717, 1.165) is 11.3 Å². The summed E-state index contributed by atoms with van der Waals surface area (Å²) in [5.74, 6) is -0.241. The molecule has 3 N–H and O–H groups in total. The number of carbonyl (C=O) groups excluding carboxylic acids is 2. The van der Waals surface area contributed by atoms with Crippen LogP contribution in [0.15, 0.2) is 36.4 Å². The first-order valence-corrected chi connectivity index (χ1v) is 9.12. The Morgan fingerprint density at radius 3 is 2.32 bits per heavy atom. The molecule has 8 heteroatoms. The summed E-state index contributed by atoms with van der Waals surface area (Å²) in [6.45, 7) is 2.70. The van der Waals surface area contributed by atoms with Crippen molar-refractivity contribution in [3.05, 3.63) is 52.5 Å². The maximum Gasteiger partial charge on any atom is 0.323 e. The molecular formula is C20H25ClN4O3. The zero-order valence-electron chi connectivity index (χ0n) is 16.4. The minimum Gasteiger partial charge on any atom is -0.383 e. The number of amides is 3. The van der Waals surface area contributed by atoms with Crippen LogP contribution in [0.4, 0.5) is 21.9 Å². The molecule has 0 spiro atoms. The predicted molar refractivity (Wildman–Crippen MR) is 114 cm³/mol. The van der Waals surface area contributed by atoms with Gasteiger partial charge in [-0.05, 0) is 42.8 Å². The zero-order valence-corrected chi connectivity index (χ0v) is 17.2. The average Bonchev–Trinajstić information content (AvgIpc) is 2.64. The Kier molecular flexibility index (Phi) is 7.66. The lowest BCUT2D eigenvalue weighted by molar-refractivity contribution is 0.0937. The lowest BCUT2D eigenvalue weighted by Crippen LogP contribution is -2.29. The van der Waals surface area contributed by atoms with E-state index in [1.165, 1.54) is 0 Å². The molecule has 0 aliphatic heterocycles. The van der Waals surface area contributed by atoms with E-state index in [-0.39, 0.29) is 5.91 Å². The number of nitrogens with zero attached hydrogens (tertiary/aromatic N) is 1. The van der Waals surface area contributed by atoms with E-state index < -0.39 is 6.03 Å². The predicted octanol–water partition coefficient (Wildman–Crippen LogP) is 3.73. The maximum absolute atomic E-state index is 12.5. The molecule has 0 saturated carbocycles. The van der Waals surface area contributed by atoms with Crippen molar-refractivity contribution in [2.45, 2.75) is 6.92 Å². The summed E-state index contributed by atoms with van der Waals surface area (Å²) in [6, 6.07) is 10.0. The molecule has 0 aromatic heterocycles. The highest BCUT2D eigenvalue weighted by atomic mass is 35.5. The number of rotatable bonds is 7. The molecule has 0 heterocycles. The van der Waals surface area contributed by atoms with Crippen LogP contribution in [0, 0.1) is 6.92 Å². The van der Waals surface area contributed by atoms with Gasteiger partial charge in [0.2, 0.25) is 0 Å². The van der Waals surface area contributed by atoms with E-state index in [1.807, 2.05) is 32.0 Å². The summed E-state index contributed by atoms with van der Waals surface area (Å²) >= 11 is 6.08. The van der Waals surface area contributed by atoms with Crippen molar-refractivity contribution < 1.29 is 14.3 Å². The number of carbonyl (C=O) groups is 2. The van der Waals surface area contributed by atoms with Gasteiger partial charge >= 0.3 is 6.03 Å².